The van der Waals surface area contributed by atoms with Crippen molar-refractivity contribution in [3.05, 3.63) is 91.0 Å². The number of carbonyl (C=O) groups excluding carboxylic acids is 1. The molecule has 0 radical (unpaired) electrons. The minimum atomic E-state index is -3.84. The number of hydrogen-bond acceptors (Lipinski definition) is 5. The molecule has 5 aromatic rings. The van der Waals surface area contributed by atoms with Crippen LogP contribution in [0.25, 0.3) is 31.6 Å². The normalized spacial score (nSPS) is 11.8. The Kier molecular flexibility index (Phi) is 5.87. The number of nitrogens with one attached hydrogen (secondary N) is 1. The summed E-state index contributed by atoms with van der Waals surface area (Å²) in [6.45, 7) is -0.316. The first-order chi connectivity index (χ1) is 16.4. The van der Waals surface area contributed by atoms with Crippen molar-refractivity contribution < 1.29 is 13.2 Å². The summed E-state index contributed by atoms with van der Waals surface area (Å²) in [7, 11) is -2.43. The Morgan fingerprint density at radius 1 is 0.912 bits per heavy atom. The minimum Gasteiger partial charge on any atom is -0.324 e. The summed E-state index contributed by atoms with van der Waals surface area (Å²) in [5, 5.41) is 5.42. The third kappa shape index (κ3) is 4.31. The molecular weight excluding hydrogens is 466 g/mol. The van der Waals surface area contributed by atoms with Crippen molar-refractivity contribution in [3.63, 3.8) is 0 Å². The van der Waals surface area contributed by atoms with Crippen molar-refractivity contribution in [3.8, 4) is 10.6 Å². The van der Waals surface area contributed by atoms with Gasteiger partial charge in [-0.3, -0.25) is 4.79 Å². The second kappa shape index (κ2) is 8.98. The van der Waals surface area contributed by atoms with Gasteiger partial charge < -0.3 is 5.32 Å². The molecule has 170 valence electrons. The van der Waals surface area contributed by atoms with E-state index in [0.29, 0.717) is 5.69 Å². The van der Waals surface area contributed by atoms with E-state index in [1.54, 1.807) is 24.3 Å². The van der Waals surface area contributed by atoms with Crippen molar-refractivity contribution in [1.29, 1.82) is 0 Å². The van der Waals surface area contributed by atoms with Gasteiger partial charge in [-0.15, -0.1) is 11.3 Å². The number of thiazole rings is 1. The van der Waals surface area contributed by atoms with Gasteiger partial charge in [-0.2, -0.15) is 4.31 Å². The monoisotopic (exact) mass is 487 g/mol. The molecule has 0 aliphatic rings. The first-order valence-electron chi connectivity index (χ1n) is 10.6. The number of nitrogens with zero attached hydrogens (tertiary/aromatic N) is 2. The third-order valence-corrected chi connectivity index (χ3v) is 8.39. The predicted molar refractivity (Wildman–Crippen MR) is 137 cm³/mol. The van der Waals surface area contributed by atoms with Gasteiger partial charge in [0.1, 0.15) is 5.01 Å². The van der Waals surface area contributed by atoms with Crippen LogP contribution in [0.2, 0.25) is 0 Å². The first-order valence-corrected chi connectivity index (χ1v) is 12.9. The van der Waals surface area contributed by atoms with Crippen LogP contribution in [-0.2, 0) is 14.8 Å². The second-order valence-corrected chi connectivity index (χ2v) is 10.9. The molecule has 34 heavy (non-hydrogen) atoms. The van der Waals surface area contributed by atoms with Gasteiger partial charge in [-0.1, -0.05) is 54.6 Å². The summed E-state index contributed by atoms with van der Waals surface area (Å²) in [4.78, 5) is 17.7. The molecule has 0 atom stereocenters. The molecule has 0 aliphatic heterocycles. The van der Waals surface area contributed by atoms with Crippen molar-refractivity contribution in [2.45, 2.75) is 4.90 Å². The van der Waals surface area contributed by atoms with Crippen LogP contribution in [0.15, 0.2) is 95.9 Å². The molecule has 4 aromatic carbocycles. The van der Waals surface area contributed by atoms with Gasteiger partial charge in [0.15, 0.2) is 0 Å². The highest BCUT2D eigenvalue weighted by molar-refractivity contribution is 7.89. The number of sulfonamides is 1. The lowest BCUT2D eigenvalue weighted by Gasteiger charge is -2.18. The average molecular weight is 488 g/mol. The number of carbonyl (C=O) groups is 1. The van der Waals surface area contributed by atoms with Crippen LogP contribution in [0.1, 0.15) is 0 Å². The van der Waals surface area contributed by atoms with Crippen LogP contribution >= 0.6 is 11.3 Å². The van der Waals surface area contributed by atoms with Crippen molar-refractivity contribution in [2.75, 3.05) is 18.9 Å². The zero-order chi connectivity index (χ0) is 23.7. The van der Waals surface area contributed by atoms with E-state index < -0.39 is 15.9 Å². The fourth-order valence-corrected chi connectivity index (χ4v) is 5.92. The van der Waals surface area contributed by atoms with Crippen molar-refractivity contribution in [2.24, 2.45) is 0 Å². The Morgan fingerprint density at radius 3 is 2.44 bits per heavy atom. The Labute approximate surface area is 201 Å². The summed E-state index contributed by atoms with van der Waals surface area (Å²) in [6, 6.07) is 27.7. The standard InChI is InChI=1S/C26H21N3O3S2/c1-29(34(31,32)20-15-14-18-8-2-3-9-19(18)16-20)17-25(30)27-22-11-5-4-10-21(22)26-28-23-12-6-7-13-24(23)33-26/h2-16H,17H2,1H3,(H,27,30). The summed E-state index contributed by atoms with van der Waals surface area (Å²) in [5.74, 6) is -0.430. The van der Waals surface area contributed by atoms with E-state index in [2.05, 4.69) is 10.3 Å². The number of amides is 1. The van der Waals surface area contributed by atoms with Crippen molar-refractivity contribution in [1.82, 2.24) is 9.29 Å². The topological polar surface area (TPSA) is 79.4 Å². The molecule has 1 heterocycles. The molecule has 0 spiro atoms. The SMILES string of the molecule is CN(CC(=O)Nc1ccccc1-c1nc2ccccc2s1)S(=O)(=O)c1ccc2ccccc2c1. The van der Waals surface area contributed by atoms with E-state index in [9.17, 15) is 13.2 Å². The van der Waals surface area contributed by atoms with Gasteiger partial charge in [0, 0.05) is 12.6 Å². The van der Waals surface area contributed by atoms with E-state index in [1.807, 2.05) is 66.7 Å². The van der Waals surface area contributed by atoms with E-state index in [-0.39, 0.29) is 11.4 Å². The molecule has 0 bridgehead atoms. The lowest BCUT2D eigenvalue weighted by atomic mass is 10.1. The molecule has 0 fully saturated rings. The Morgan fingerprint density at radius 2 is 1.62 bits per heavy atom. The summed E-state index contributed by atoms with van der Waals surface area (Å²) in [5.41, 5.74) is 2.27. The Hall–Kier alpha value is -3.59. The van der Waals surface area contributed by atoms with Crippen LogP contribution in [0.5, 0.6) is 0 Å². The average Bonchev–Trinajstić information content (AvgIpc) is 3.28. The zero-order valence-corrected chi connectivity index (χ0v) is 19.9. The maximum atomic E-state index is 13.1. The smallest absolute Gasteiger partial charge is 0.243 e. The van der Waals surface area contributed by atoms with Gasteiger partial charge in [0.2, 0.25) is 15.9 Å². The van der Waals surface area contributed by atoms with Gasteiger partial charge >= 0.3 is 0 Å². The number of rotatable bonds is 6. The van der Waals surface area contributed by atoms with Crippen LogP contribution in [0, 0.1) is 0 Å². The molecule has 5 rings (SSSR count). The molecule has 0 saturated carbocycles. The highest BCUT2D eigenvalue weighted by Crippen LogP contribution is 2.34. The first kappa shape index (κ1) is 22.2. The number of benzene rings is 4. The molecule has 0 aliphatic carbocycles. The zero-order valence-electron chi connectivity index (χ0n) is 18.3. The molecule has 0 unspecified atom stereocenters. The fraction of sp³-hybridized carbons (Fsp3) is 0.0769. The maximum absolute atomic E-state index is 13.1. The molecule has 1 amide bonds. The number of anilines is 1. The lowest BCUT2D eigenvalue weighted by molar-refractivity contribution is -0.116. The molecular formula is C26H21N3O3S2. The van der Waals surface area contributed by atoms with Crippen LogP contribution in [-0.4, -0.2) is 37.2 Å². The number of aromatic nitrogens is 1. The van der Waals surface area contributed by atoms with Crippen LogP contribution in [0.4, 0.5) is 5.69 Å². The lowest BCUT2D eigenvalue weighted by Crippen LogP contribution is -2.35. The van der Waals surface area contributed by atoms with E-state index in [0.717, 1.165) is 35.9 Å². The van der Waals surface area contributed by atoms with E-state index in [4.69, 9.17) is 0 Å². The van der Waals surface area contributed by atoms with Gasteiger partial charge in [-0.25, -0.2) is 13.4 Å². The minimum absolute atomic E-state index is 0.149. The predicted octanol–water partition coefficient (Wildman–Crippen LogP) is 5.38. The largest absolute Gasteiger partial charge is 0.324 e. The molecule has 1 aromatic heterocycles. The Bertz CT molecular complexity index is 1590. The summed E-state index contributed by atoms with van der Waals surface area (Å²) >= 11 is 1.54. The molecule has 1 N–H and O–H groups in total. The fourth-order valence-electron chi connectivity index (χ4n) is 3.75. The van der Waals surface area contributed by atoms with E-state index in [1.165, 1.54) is 18.4 Å². The van der Waals surface area contributed by atoms with Gasteiger partial charge in [0.25, 0.3) is 0 Å². The van der Waals surface area contributed by atoms with Crippen LogP contribution in [0.3, 0.4) is 0 Å². The third-order valence-electron chi connectivity index (χ3n) is 5.52. The highest BCUT2D eigenvalue weighted by Gasteiger charge is 2.24. The number of likely N-dealkylation sites (N-methyl/N-ethyl adjacent to an activating group) is 1. The number of hydrogen-bond donors (Lipinski definition) is 1. The number of fused-ring (bicyclic) bond motifs is 2. The molecule has 0 saturated heterocycles. The quantitative estimate of drug-likeness (QED) is 0.349. The highest BCUT2D eigenvalue weighted by atomic mass is 32.2. The maximum Gasteiger partial charge on any atom is 0.243 e. The van der Waals surface area contributed by atoms with Crippen molar-refractivity contribution >= 4 is 53.9 Å². The summed E-state index contributed by atoms with van der Waals surface area (Å²) < 4.78 is 28.3. The van der Waals surface area contributed by atoms with E-state index >= 15 is 0 Å². The molecule has 8 heteroatoms. The molecule has 6 nitrogen and oxygen atoms in total. The number of para-hydroxylation sites is 2. The van der Waals surface area contributed by atoms with Crippen LogP contribution < -0.4 is 5.32 Å². The Balaban J connectivity index is 1.36. The van der Waals surface area contributed by atoms with Gasteiger partial charge in [0.05, 0.1) is 27.3 Å². The second-order valence-electron chi connectivity index (χ2n) is 7.85. The summed E-state index contributed by atoms with van der Waals surface area (Å²) in [6.07, 6.45) is 0. The van der Waals surface area contributed by atoms with Gasteiger partial charge in [-0.05, 0) is 47.2 Å².